The number of carbonyl (C=O) groups excluding carboxylic acids is 1. The molecule has 0 amide bonds. The molecule has 2 aromatic rings. The van der Waals surface area contributed by atoms with E-state index >= 15 is 0 Å². The van der Waals surface area contributed by atoms with Crippen LogP contribution in [0.4, 0.5) is 5.82 Å². The van der Waals surface area contributed by atoms with Gasteiger partial charge in [-0.2, -0.15) is 5.10 Å². The van der Waals surface area contributed by atoms with Crippen molar-refractivity contribution in [1.29, 1.82) is 0 Å². The summed E-state index contributed by atoms with van der Waals surface area (Å²) in [6, 6.07) is 11.2. The summed E-state index contributed by atoms with van der Waals surface area (Å²) < 4.78 is 10.9. The van der Waals surface area contributed by atoms with E-state index in [4.69, 9.17) is 9.47 Å². The Labute approximate surface area is 154 Å². The van der Waals surface area contributed by atoms with E-state index in [0.717, 1.165) is 43.2 Å². The highest BCUT2D eigenvalue weighted by Crippen LogP contribution is 2.23. The van der Waals surface area contributed by atoms with Gasteiger partial charge >= 0.3 is 5.97 Å². The molecule has 138 valence electrons. The van der Waals surface area contributed by atoms with E-state index in [1.807, 2.05) is 31.2 Å². The molecule has 0 unspecified atom stereocenters. The van der Waals surface area contributed by atoms with Gasteiger partial charge in [0.25, 0.3) is 0 Å². The largest absolute Gasteiger partial charge is 0.493 e. The monoisotopic (exact) mass is 355 g/mol. The summed E-state index contributed by atoms with van der Waals surface area (Å²) in [4.78, 5) is 13.9. The van der Waals surface area contributed by atoms with Gasteiger partial charge in [-0.3, -0.25) is 0 Å². The Hall–Kier alpha value is -2.63. The Morgan fingerprint density at radius 1 is 1.12 bits per heavy atom. The van der Waals surface area contributed by atoms with Crippen molar-refractivity contribution in [3.05, 3.63) is 47.7 Å². The van der Waals surface area contributed by atoms with Crippen LogP contribution in [0, 0.1) is 12.8 Å². The number of nitrogens with zero attached hydrogens (tertiary/aromatic N) is 3. The normalized spacial score (nSPS) is 14.9. The number of hydrogen-bond acceptors (Lipinski definition) is 6. The first kappa shape index (κ1) is 18.2. The number of anilines is 1. The fraction of sp³-hybridized carbons (Fsp3) is 0.450. The predicted octanol–water partition coefficient (Wildman–Crippen LogP) is 3.26. The van der Waals surface area contributed by atoms with E-state index < -0.39 is 0 Å². The zero-order chi connectivity index (χ0) is 18.4. The molecule has 1 aliphatic rings. The maximum absolute atomic E-state index is 11.7. The Bertz CT molecular complexity index is 708. The van der Waals surface area contributed by atoms with Gasteiger partial charge in [0.05, 0.1) is 24.5 Å². The third-order valence-corrected chi connectivity index (χ3v) is 4.57. The van der Waals surface area contributed by atoms with Gasteiger partial charge < -0.3 is 14.4 Å². The molecule has 6 nitrogen and oxygen atoms in total. The molecule has 1 aromatic carbocycles. The van der Waals surface area contributed by atoms with Crippen molar-refractivity contribution in [1.82, 2.24) is 10.2 Å². The van der Waals surface area contributed by atoms with Gasteiger partial charge in [-0.1, -0.05) is 0 Å². The van der Waals surface area contributed by atoms with Crippen LogP contribution in [0.15, 0.2) is 36.4 Å². The number of carbonyl (C=O) groups is 1. The smallest absolute Gasteiger partial charge is 0.338 e. The van der Waals surface area contributed by atoms with Crippen molar-refractivity contribution >= 4 is 11.8 Å². The van der Waals surface area contributed by atoms with Crippen molar-refractivity contribution in [3.8, 4) is 5.75 Å². The summed E-state index contributed by atoms with van der Waals surface area (Å²) in [5.74, 6) is 1.95. The number of rotatable bonds is 6. The number of piperidine rings is 1. The summed E-state index contributed by atoms with van der Waals surface area (Å²) in [6.07, 6.45) is 2.13. The Morgan fingerprint density at radius 2 is 1.85 bits per heavy atom. The molecule has 2 heterocycles. The average Bonchev–Trinajstić information content (AvgIpc) is 2.68. The van der Waals surface area contributed by atoms with Gasteiger partial charge in [0.15, 0.2) is 5.82 Å². The molecule has 0 bridgehead atoms. The van der Waals surface area contributed by atoms with Gasteiger partial charge in [0, 0.05) is 13.1 Å². The molecule has 0 spiro atoms. The van der Waals surface area contributed by atoms with Gasteiger partial charge in [-0.25, -0.2) is 4.79 Å². The molecule has 3 rings (SSSR count). The molecule has 1 aliphatic heterocycles. The van der Waals surface area contributed by atoms with Crippen LogP contribution in [-0.2, 0) is 4.74 Å². The quantitative estimate of drug-likeness (QED) is 0.741. The Kier molecular flexibility index (Phi) is 6.04. The van der Waals surface area contributed by atoms with Crippen LogP contribution in [-0.4, -0.2) is 42.5 Å². The van der Waals surface area contributed by atoms with E-state index in [0.29, 0.717) is 24.7 Å². The van der Waals surface area contributed by atoms with Gasteiger partial charge in [0.2, 0.25) is 0 Å². The molecule has 0 radical (unpaired) electrons. The molecule has 0 N–H and O–H groups in total. The van der Waals surface area contributed by atoms with Crippen LogP contribution >= 0.6 is 0 Å². The first-order chi connectivity index (χ1) is 12.7. The summed E-state index contributed by atoms with van der Waals surface area (Å²) in [5.41, 5.74) is 1.48. The zero-order valence-corrected chi connectivity index (χ0v) is 15.4. The van der Waals surface area contributed by atoms with Crippen LogP contribution in [0.3, 0.4) is 0 Å². The fourth-order valence-corrected chi connectivity index (χ4v) is 3.01. The Morgan fingerprint density at radius 3 is 2.46 bits per heavy atom. The molecule has 1 fully saturated rings. The molecular weight excluding hydrogens is 330 g/mol. The lowest BCUT2D eigenvalue weighted by atomic mass is 9.98. The van der Waals surface area contributed by atoms with E-state index in [1.165, 1.54) is 0 Å². The van der Waals surface area contributed by atoms with Crippen LogP contribution in [0.2, 0.25) is 0 Å². The molecule has 0 atom stereocenters. The molecule has 6 heteroatoms. The van der Waals surface area contributed by atoms with Gasteiger partial charge in [-0.15, -0.1) is 5.10 Å². The van der Waals surface area contributed by atoms with E-state index in [9.17, 15) is 4.79 Å². The van der Waals surface area contributed by atoms with Crippen molar-refractivity contribution < 1.29 is 14.3 Å². The minimum atomic E-state index is -0.300. The number of benzene rings is 1. The van der Waals surface area contributed by atoms with Crippen LogP contribution in [0.25, 0.3) is 0 Å². The molecule has 0 saturated carbocycles. The van der Waals surface area contributed by atoms with Crippen molar-refractivity contribution in [3.63, 3.8) is 0 Å². The molecule has 1 aromatic heterocycles. The molecule has 26 heavy (non-hydrogen) atoms. The number of aromatic nitrogens is 2. The summed E-state index contributed by atoms with van der Waals surface area (Å²) >= 11 is 0. The van der Waals surface area contributed by atoms with Crippen molar-refractivity contribution in [2.24, 2.45) is 5.92 Å². The summed E-state index contributed by atoms with van der Waals surface area (Å²) in [6.45, 7) is 6.74. The van der Waals surface area contributed by atoms with Crippen molar-refractivity contribution in [2.45, 2.75) is 26.7 Å². The van der Waals surface area contributed by atoms with Gasteiger partial charge in [-0.05, 0) is 69.0 Å². The van der Waals surface area contributed by atoms with E-state index in [1.54, 1.807) is 19.1 Å². The van der Waals surface area contributed by atoms with Crippen LogP contribution < -0.4 is 9.64 Å². The third kappa shape index (κ3) is 4.71. The fourth-order valence-electron chi connectivity index (χ4n) is 3.01. The molecular formula is C20H25N3O3. The van der Waals surface area contributed by atoms with E-state index in [2.05, 4.69) is 15.1 Å². The average molecular weight is 355 g/mol. The topological polar surface area (TPSA) is 64.6 Å². The predicted molar refractivity (Wildman–Crippen MR) is 99.6 cm³/mol. The maximum atomic E-state index is 11.7. The second-order valence-electron chi connectivity index (χ2n) is 6.52. The number of esters is 1. The summed E-state index contributed by atoms with van der Waals surface area (Å²) in [5, 5.41) is 8.39. The van der Waals surface area contributed by atoms with E-state index in [-0.39, 0.29) is 5.97 Å². The second-order valence-corrected chi connectivity index (χ2v) is 6.52. The Balaban J connectivity index is 1.45. The molecule has 1 saturated heterocycles. The lowest BCUT2D eigenvalue weighted by molar-refractivity contribution is 0.0526. The lowest BCUT2D eigenvalue weighted by Gasteiger charge is -2.32. The molecule has 0 aliphatic carbocycles. The second kappa shape index (κ2) is 8.65. The SMILES string of the molecule is CCOC(=O)c1ccc(OCC2CCN(c3ccc(C)nn3)CC2)cc1. The maximum Gasteiger partial charge on any atom is 0.338 e. The third-order valence-electron chi connectivity index (χ3n) is 4.57. The number of hydrogen-bond donors (Lipinski definition) is 0. The van der Waals surface area contributed by atoms with Crippen LogP contribution in [0.5, 0.6) is 5.75 Å². The van der Waals surface area contributed by atoms with Gasteiger partial charge in [0.1, 0.15) is 5.75 Å². The first-order valence-corrected chi connectivity index (χ1v) is 9.11. The van der Waals surface area contributed by atoms with Crippen LogP contribution in [0.1, 0.15) is 35.8 Å². The highest BCUT2D eigenvalue weighted by Gasteiger charge is 2.21. The zero-order valence-electron chi connectivity index (χ0n) is 15.4. The lowest BCUT2D eigenvalue weighted by Crippen LogP contribution is -2.36. The highest BCUT2D eigenvalue weighted by molar-refractivity contribution is 5.89. The number of ether oxygens (including phenoxy) is 2. The minimum absolute atomic E-state index is 0.300. The first-order valence-electron chi connectivity index (χ1n) is 9.11. The minimum Gasteiger partial charge on any atom is -0.493 e. The summed E-state index contributed by atoms with van der Waals surface area (Å²) in [7, 11) is 0. The standard InChI is InChI=1S/C20H25N3O3/c1-3-25-20(24)17-5-7-18(8-6-17)26-14-16-10-12-23(13-11-16)19-9-4-15(2)21-22-19/h4-9,16H,3,10-14H2,1-2H3. The highest BCUT2D eigenvalue weighted by atomic mass is 16.5. The number of aryl methyl sites for hydroxylation is 1. The van der Waals surface area contributed by atoms with Crippen molar-refractivity contribution in [2.75, 3.05) is 31.2 Å².